The van der Waals surface area contributed by atoms with E-state index in [2.05, 4.69) is 4.90 Å². The highest BCUT2D eigenvalue weighted by molar-refractivity contribution is 7.22. The first kappa shape index (κ1) is 17.8. The van der Waals surface area contributed by atoms with E-state index in [4.69, 9.17) is 9.72 Å². The van der Waals surface area contributed by atoms with Crippen LogP contribution in [0.15, 0.2) is 35.7 Å². The molecule has 7 heteroatoms. The highest BCUT2D eigenvalue weighted by Gasteiger charge is 2.22. The fourth-order valence-corrected chi connectivity index (χ4v) is 4.10. The van der Waals surface area contributed by atoms with E-state index in [0.717, 1.165) is 27.4 Å². The number of anilines is 1. The molecule has 0 aliphatic heterocycles. The number of carbonyl (C=O) groups excluding carboxylic acids is 1. The Morgan fingerprint density at radius 1 is 1.20 bits per heavy atom. The smallest absolute Gasteiger partial charge is 0.270 e. The van der Waals surface area contributed by atoms with Crippen molar-refractivity contribution in [1.82, 2.24) is 9.88 Å². The van der Waals surface area contributed by atoms with Crippen LogP contribution in [0.4, 0.5) is 5.13 Å². The van der Waals surface area contributed by atoms with Crippen molar-refractivity contribution >= 4 is 43.9 Å². The van der Waals surface area contributed by atoms with Gasteiger partial charge in [-0.05, 0) is 44.6 Å². The van der Waals surface area contributed by atoms with Crippen molar-refractivity contribution in [3.8, 4) is 5.75 Å². The van der Waals surface area contributed by atoms with Crippen LogP contribution in [0.3, 0.4) is 0 Å². The van der Waals surface area contributed by atoms with Gasteiger partial charge in [-0.3, -0.25) is 9.69 Å². The second-order valence-corrected chi connectivity index (χ2v) is 7.73. The van der Waals surface area contributed by atoms with Gasteiger partial charge in [0.15, 0.2) is 5.13 Å². The van der Waals surface area contributed by atoms with Crippen LogP contribution >= 0.6 is 22.7 Å². The molecule has 3 rings (SSSR count). The predicted molar refractivity (Wildman–Crippen MR) is 105 cm³/mol. The summed E-state index contributed by atoms with van der Waals surface area (Å²) in [6, 6.07) is 9.64. The summed E-state index contributed by atoms with van der Waals surface area (Å²) < 4.78 is 6.70. The highest BCUT2D eigenvalue weighted by Crippen LogP contribution is 2.35. The van der Waals surface area contributed by atoms with E-state index in [1.807, 2.05) is 56.7 Å². The quantitative estimate of drug-likeness (QED) is 0.627. The van der Waals surface area contributed by atoms with Crippen LogP contribution in [0.25, 0.3) is 10.2 Å². The molecular weight excluding hydrogens is 354 g/mol. The van der Waals surface area contributed by atoms with Gasteiger partial charge in [-0.2, -0.15) is 0 Å². The fourth-order valence-electron chi connectivity index (χ4n) is 2.42. The van der Waals surface area contributed by atoms with Crippen LogP contribution in [-0.4, -0.2) is 49.6 Å². The number of amides is 1. The molecule has 0 radical (unpaired) electrons. The number of carbonyl (C=O) groups is 1. The molecule has 0 aliphatic rings. The maximum absolute atomic E-state index is 13.0. The number of nitrogens with zero attached hydrogens (tertiary/aromatic N) is 3. The van der Waals surface area contributed by atoms with Gasteiger partial charge in [-0.1, -0.05) is 23.5 Å². The molecule has 0 unspecified atom stereocenters. The third kappa shape index (κ3) is 4.00. The van der Waals surface area contributed by atoms with Gasteiger partial charge in [0.1, 0.15) is 11.3 Å². The van der Waals surface area contributed by atoms with Crippen molar-refractivity contribution in [2.75, 3.05) is 38.7 Å². The van der Waals surface area contributed by atoms with Crippen molar-refractivity contribution in [2.24, 2.45) is 0 Å². The standard InChI is InChI=1S/C18H21N3O2S2/c1-4-23-13-7-5-8-14-16(13)19-18(25-14)21(11-10-20(2)3)17(22)15-9-6-12-24-15/h5-9,12H,4,10-11H2,1-3H3. The number of thiazole rings is 1. The summed E-state index contributed by atoms with van der Waals surface area (Å²) in [7, 11) is 4.00. The summed E-state index contributed by atoms with van der Waals surface area (Å²) >= 11 is 2.98. The van der Waals surface area contributed by atoms with Gasteiger partial charge in [0.05, 0.1) is 16.2 Å². The zero-order chi connectivity index (χ0) is 17.8. The average molecular weight is 376 g/mol. The lowest BCUT2D eigenvalue weighted by molar-refractivity contribution is 0.0989. The number of likely N-dealkylation sites (N-methyl/N-ethyl adjacent to an activating group) is 1. The van der Waals surface area contributed by atoms with Crippen LogP contribution in [0.1, 0.15) is 16.6 Å². The van der Waals surface area contributed by atoms with Crippen LogP contribution in [0.2, 0.25) is 0 Å². The summed E-state index contributed by atoms with van der Waals surface area (Å²) in [5, 5.41) is 2.63. The van der Waals surface area contributed by atoms with Gasteiger partial charge in [-0.25, -0.2) is 4.98 Å². The second-order valence-electron chi connectivity index (χ2n) is 5.77. The third-order valence-corrected chi connectivity index (χ3v) is 5.55. The number of fused-ring (bicyclic) bond motifs is 1. The first-order chi connectivity index (χ1) is 12.1. The number of benzene rings is 1. The van der Waals surface area contributed by atoms with Crippen LogP contribution in [-0.2, 0) is 0 Å². The van der Waals surface area contributed by atoms with E-state index < -0.39 is 0 Å². The minimum atomic E-state index is -0.00568. The monoisotopic (exact) mass is 375 g/mol. The molecule has 3 aromatic rings. The number of hydrogen-bond acceptors (Lipinski definition) is 6. The Morgan fingerprint density at radius 3 is 2.72 bits per heavy atom. The molecule has 5 nitrogen and oxygen atoms in total. The van der Waals surface area contributed by atoms with E-state index in [9.17, 15) is 4.79 Å². The van der Waals surface area contributed by atoms with Gasteiger partial charge in [0, 0.05) is 13.1 Å². The van der Waals surface area contributed by atoms with Crippen molar-refractivity contribution < 1.29 is 9.53 Å². The molecule has 132 valence electrons. The SMILES string of the molecule is CCOc1cccc2sc(N(CCN(C)C)C(=O)c3cccs3)nc12. The minimum absolute atomic E-state index is 0.00568. The lowest BCUT2D eigenvalue weighted by atomic mass is 10.3. The zero-order valence-corrected chi connectivity index (χ0v) is 16.2. The zero-order valence-electron chi connectivity index (χ0n) is 14.6. The summed E-state index contributed by atoms with van der Waals surface area (Å²) in [5.41, 5.74) is 0.818. The third-order valence-electron chi connectivity index (χ3n) is 3.65. The molecule has 0 fully saturated rings. The van der Waals surface area contributed by atoms with Crippen molar-refractivity contribution in [3.05, 3.63) is 40.6 Å². The summed E-state index contributed by atoms with van der Waals surface area (Å²) in [6.45, 7) is 3.90. The van der Waals surface area contributed by atoms with Gasteiger partial charge >= 0.3 is 0 Å². The van der Waals surface area contributed by atoms with E-state index in [0.29, 0.717) is 18.3 Å². The Kier molecular flexibility index (Phi) is 5.67. The topological polar surface area (TPSA) is 45.7 Å². The molecule has 2 aromatic heterocycles. The van der Waals surface area contributed by atoms with Gasteiger partial charge in [-0.15, -0.1) is 11.3 Å². The Balaban J connectivity index is 1.98. The predicted octanol–water partition coefficient (Wildman–Crippen LogP) is 3.96. The number of ether oxygens (including phenoxy) is 1. The number of hydrogen-bond donors (Lipinski definition) is 0. The lowest BCUT2D eigenvalue weighted by Gasteiger charge is -2.21. The van der Waals surface area contributed by atoms with Crippen molar-refractivity contribution in [2.45, 2.75) is 6.92 Å². The number of thiophene rings is 1. The first-order valence-corrected chi connectivity index (χ1v) is 9.82. The number of aromatic nitrogens is 1. The molecule has 0 bridgehead atoms. The molecule has 1 aromatic carbocycles. The molecular formula is C18H21N3O2S2. The molecule has 0 saturated heterocycles. The highest BCUT2D eigenvalue weighted by atomic mass is 32.1. The molecule has 0 saturated carbocycles. The number of para-hydroxylation sites is 1. The lowest BCUT2D eigenvalue weighted by Crippen LogP contribution is -2.36. The normalized spacial score (nSPS) is 11.2. The second kappa shape index (κ2) is 7.95. The molecule has 0 N–H and O–H groups in total. The number of rotatable bonds is 7. The molecule has 1 amide bonds. The van der Waals surface area contributed by atoms with Gasteiger partial charge in [0.25, 0.3) is 5.91 Å². The molecule has 0 atom stereocenters. The van der Waals surface area contributed by atoms with E-state index >= 15 is 0 Å². The maximum atomic E-state index is 13.0. The van der Waals surface area contributed by atoms with E-state index in [-0.39, 0.29) is 5.91 Å². The van der Waals surface area contributed by atoms with Gasteiger partial charge < -0.3 is 9.64 Å². The van der Waals surface area contributed by atoms with Crippen LogP contribution in [0, 0.1) is 0 Å². The molecule has 0 spiro atoms. The Bertz CT molecular complexity index is 843. The average Bonchev–Trinajstić information content (AvgIpc) is 3.25. The summed E-state index contributed by atoms with van der Waals surface area (Å²) in [5.74, 6) is 0.757. The maximum Gasteiger partial charge on any atom is 0.270 e. The minimum Gasteiger partial charge on any atom is -0.492 e. The van der Waals surface area contributed by atoms with E-state index in [1.54, 1.807) is 4.90 Å². The Morgan fingerprint density at radius 2 is 2.04 bits per heavy atom. The largest absolute Gasteiger partial charge is 0.492 e. The van der Waals surface area contributed by atoms with Gasteiger partial charge in [0.2, 0.25) is 0 Å². The molecule has 2 heterocycles. The fraction of sp³-hybridized carbons (Fsp3) is 0.333. The van der Waals surface area contributed by atoms with Crippen LogP contribution in [0.5, 0.6) is 5.75 Å². The van der Waals surface area contributed by atoms with E-state index in [1.165, 1.54) is 22.7 Å². The molecule has 25 heavy (non-hydrogen) atoms. The molecule has 0 aliphatic carbocycles. The Hall–Kier alpha value is -1.96. The van der Waals surface area contributed by atoms with Crippen molar-refractivity contribution in [1.29, 1.82) is 0 Å². The van der Waals surface area contributed by atoms with Crippen LogP contribution < -0.4 is 9.64 Å². The summed E-state index contributed by atoms with van der Waals surface area (Å²) in [6.07, 6.45) is 0. The summed E-state index contributed by atoms with van der Waals surface area (Å²) in [4.78, 5) is 22.2. The Labute approximate surface area is 155 Å². The first-order valence-electron chi connectivity index (χ1n) is 8.12. The van der Waals surface area contributed by atoms with Crippen molar-refractivity contribution in [3.63, 3.8) is 0 Å².